The lowest BCUT2D eigenvalue weighted by Gasteiger charge is -2.34. The smallest absolute Gasteiger partial charge is 0.260 e. The molecule has 3 N–H and O–H groups in total. The Hall–Kier alpha value is -2.86. The second-order valence-electron chi connectivity index (χ2n) is 7.68. The highest BCUT2D eigenvalue weighted by atomic mass is 16.5. The van der Waals surface area contributed by atoms with E-state index < -0.39 is 12.0 Å². The maximum atomic E-state index is 13.0. The minimum Gasteiger partial charge on any atom is -0.477 e. The van der Waals surface area contributed by atoms with Crippen LogP contribution in [0.5, 0.6) is 5.75 Å². The standard InChI is InChI=1S/C23H29N3O3/c1-4-16-9-11-17(12-10-16)22(15(2)3)25-13-21(27)26-14-20(23(24)28)29-19-8-6-5-7-18(19)26/h5-12,15,20,22,25H,4,13-14H2,1-3H3,(H2,24,28)/t20-,22+/m0/s1. The lowest BCUT2D eigenvalue weighted by molar-refractivity contribution is -0.125. The Kier molecular flexibility index (Phi) is 6.54. The molecule has 0 aliphatic carbocycles. The molecule has 0 fully saturated rings. The molecule has 2 amide bonds. The number of benzene rings is 2. The molecule has 0 radical (unpaired) electrons. The second kappa shape index (κ2) is 9.09. The summed E-state index contributed by atoms with van der Waals surface area (Å²) >= 11 is 0. The number of rotatable bonds is 7. The van der Waals surface area contributed by atoms with Crippen molar-refractivity contribution in [2.75, 3.05) is 18.0 Å². The van der Waals surface area contributed by atoms with E-state index in [0.717, 1.165) is 12.0 Å². The molecule has 2 aromatic carbocycles. The lowest BCUT2D eigenvalue weighted by atomic mass is 9.95. The molecule has 29 heavy (non-hydrogen) atoms. The number of nitrogens with zero attached hydrogens (tertiary/aromatic N) is 1. The molecule has 0 saturated carbocycles. The van der Waals surface area contributed by atoms with Gasteiger partial charge in [-0.05, 0) is 35.6 Å². The summed E-state index contributed by atoms with van der Waals surface area (Å²) < 4.78 is 5.64. The van der Waals surface area contributed by atoms with Gasteiger partial charge in [-0.25, -0.2) is 0 Å². The predicted octanol–water partition coefficient (Wildman–Crippen LogP) is 2.82. The number of hydrogen-bond donors (Lipinski definition) is 2. The van der Waals surface area contributed by atoms with E-state index in [4.69, 9.17) is 10.5 Å². The quantitative estimate of drug-likeness (QED) is 0.755. The van der Waals surface area contributed by atoms with Crippen molar-refractivity contribution in [1.29, 1.82) is 0 Å². The fourth-order valence-electron chi connectivity index (χ4n) is 3.61. The molecule has 6 heteroatoms. The third kappa shape index (κ3) is 4.77. The molecule has 0 unspecified atom stereocenters. The minimum atomic E-state index is -0.851. The summed E-state index contributed by atoms with van der Waals surface area (Å²) in [6, 6.07) is 15.7. The van der Waals surface area contributed by atoms with Crippen LogP contribution in [-0.4, -0.2) is 31.0 Å². The van der Waals surface area contributed by atoms with Crippen LogP contribution in [0.1, 0.15) is 37.9 Å². The van der Waals surface area contributed by atoms with Crippen molar-refractivity contribution < 1.29 is 14.3 Å². The van der Waals surface area contributed by atoms with Gasteiger partial charge >= 0.3 is 0 Å². The zero-order chi connectivity index (χ0) is 21.0. The highest BCUT2D eigenvalue weighted by Gasteiger charge is 2.32. The van der Waals surface area contributed by atoms with E-state index in [1.54, 1.807) is 17.0 Å². The number of nitrogens with two attached hydrogens (primary N) is 1. The monoisotopic (exact) mass is 395 g/mol. The molecule has 0 bridgehead atoms. The molecule has 3 rings (SSSR count). The highest BCUT2D eigenvalue weighted by molar-refractivity contribution is 5.98. The average Bonchev–Trinajstić information content (AvgIpc) is 2.73. The number of hydrogen-bond acceptors (Lipinski definition) is 4. The Morgan fingerprint density at radius 1 is 1.17 bits per heavy atom. The Labute approximate surface area is 172 Å². The van der Waals surface area contributed by atoms with Gasteiger partial charge in [0.25, 0.3) is 5.91 Å². The molecule has 1 aliphatic heterocycles. The van der Waals surface area contributed by atoms with Gasteiger partial charge in [-0.3, -0.25) is 9.59 Å². The minimum absolute atomic E-state index is 0.0491. The van der Waals surface area contributed by atoms with Crippen LogP contribution in [0.15, 0.2) is 48.5 Å². The summed E-state index contributed by atoms with van der Waals surface area (Å²) in [5.41, 5.74) is 8.53. The van der Waals surface area contributed by atoms with Crippen molar-refractivity contribution in [2.45, 2.75) is 39.3 Å². The van der Waals surface area contributed by atoms with Crippen LogP contribution >= 0.6 is 0 Å². The first-order valence-electron chi connectivity index (χ1n) is 10.1. The number of amides is 2. The SMILES string of the molecule is CCc1ccc([C@H](NCC(=O)N2C[C@@H](C(N)=O)Oc3ccccc32)C(C)C)cc1. The van der Waals surface area contributed by atoms with E-state index in [2.05, 4.69) is 50.4 Å². The van der Waals surface area contributed by atoms with E-state index in [0.29, 0.717) is 17.4 Å². The predicted molar refractivity (Wildman–Crippen MR) is 114 cm³/mol. The van der Waals surface area contributed by atoms with Crippen molar-refractivity contribution in [3.8, 4) is 5.75 Å². The molecule has 2 atom stereocenters. The molecule has 0 spiro atoms. The van der Waals surface area contributed by atoms with Gasteiger partial charge < -0.3 is 20.7 Å². The molecule has 1 heterocycles. The maximum absolute atomic E-state index is 13.0. The van der Waals surface area contributed by atoms with Crippen LogP contribution in [0.2, 0.25) is 0 Å². The van der Waals surface area contributed by atoms with Gasteiger partial charge in [0.15, 0.2) is 6.10 Å². The molecular weight excluding hydrogens is 366 g/mol. The van der Waals surface area contributed by atoms with Gasteiger partial charge in [0.05, 0.1) is 18.8 Å². The normalized spacial score (nSPS) is 16.8. The highest BCUT2D eigenvalue weighted by Crippen LogP contribution is 2.33. The fraction of sp³-hybridized carbons (Fsp3) is 0.391. The van der Waals surface area contributed by atoms with Gasteiger partial charge in [-0.15, -0.1) is 0 Å². The van der Waals surface area contributed by atoms with E-state index >= 15 is 0 Å². The van der Waals surface area contributed by atoms with E-state index in [9.17, 15) is 9.59 Å². The summed E-state index contributed by atoms with van der Waals surface area (Å²) in [5.74, 6) is 0.0984. The summed E-state index contributed by atoms with van der Waals surface area (Å²) in [7, 11) is 0. The summed E-state index contributed by atoms with van der Waals surface area (Å²) in [5, 5.41) is 3.40. The van der Waals surface area contributed by atoms with Crippen LogP contribution < -0.4 is 20.7 Å². The number of aryl methyl sites for hydroxylation is 1. The number of carbonyl (C=O) groups excluding carboxylic acids is 2. The molecule has 0 saturated heterocycles. The first-order valence-corrected chi connectivity index (χ1v) is 10.1. The largest absolute Gasteiger partial charge is 0.477 e. The summed E-state index contributed by atoms with van der Waals surface area (Å²) in [6.45, 7) is 6.65. The van der Waals surface area contributed by atoms with Crippen molar-refractivity contribution >= 4 is 17.5 Å². The molecule has 6 nitrogen and oxygen atoms in total. The number of anilines is 1. The number of para-hydroxylation sites is 2. The number of nitrogens with one attached hydrogen (secondary N) is 1. The van der Waals surface area contributed by atoms with E-state index in [1.807, 2.05) is 12.1 Å². The van der Waals surface area contributed by atoms with Crippen LogP contribution in [0.3, 0.4) is 0 Å². The van der Waals surface area contributed by atoms with Gasteiger partial charge in [0.2, 0.25) is 5.91 Å². The number of ether oxygens (including phenoxy) is 1. The zero-order valence-corrected chi connectivity index (χ0v) is 17.2. The molecule has 2 aromatic rings. The Balaban J connectivity index is 1.74. The number of primary amides is 1. The molecule has 0 aromatic heterocycles. The first-order chi connectivity index (χ1) is 13.9. The number of fused-ring (bicyclic) bond motifs is 1. The molecule has 154 valence electrons. The van der Waals surface area contributed by atoms with E-state index in [-0.39, 0.29) is 25.0 Å². The third-order valence-corrected chi connectivity index (χ3v) is 5.28. The van der Waals surface area contributed by atoms with Crippen molar-refractivity contribution in [2.24, 2.45) is 11.7 Å². The van der Waals surface area contributed by atoms with Crippen LogP contribution in [0.25, 0.3) is 0 Å². The summed E-state index contributed by atoms with van der Waals surface area (Å²) in [6.07, 6.45) is 0.145. The lowest BCUT2D eigenvalue weighted by Crippen LogP contribution is -2.51. The Morgan fingerprint density at radius 3 is 2.48 bits per heavy atom. The second-order valence-corrected chi connectivity index (χ2v) is 7.68. The number of carbonyl (C=O) groups is 2. The Morgan fingerprint density at radius 2 is 1.86 bits per heavy atom. The van der Waals surface area contributed by atoms with Crippen molar-refractivity contribution in [3.05, 3.63) is 59.7 Å². The van der Waals surface area contributed by atoms with Gasteiger partial charge in [0.1, 0.15) is 5.75 Å². The van der Waals surface area contributed by atoms with Crippen molar-refractivity contribution in [1.82, 2.24) is 5.32 Å². The summed E-state index contributed by atoms with van der Waals surface area (Å²) in [4.78, 5) is 26.3. The molecular formula is C23H29N3O3. The fourth-order valence-corrected chi connectivity index (χ4v) is 3.61. The van der Waals surface area contributed by atoms with Crippen LogP contribution in [0, 0.1) is 5.92 Å². The first kappa shape index (κ1) is 20.9. The van der Waals surface area contributed by atoms with Crippen molar-refractivity contribution in [3.63, 3.8) is 0 Å². The average molecular weight is 396 g/mol. The molecule has 1 aliphatic rings. The van der Waals surface area contributed by atoms with Crippen LogP contribution in [-0.2, 0) is 16.0 Å². The van der Waals surface area contributed by atoms with Crippen LogP contribution in [0.4, 0.5) is 5.69 Å². The van der Waals surface area contributed by atoms with E-state index in [1.165, 1.54) is 5.56 Å². The maximum Gasteiger partial charge on any atom is 0.260 e. The van der Waals surface area contributed by atoms with Gasteiger partial charge in [-0.2, -0.15) is 0 Å². The topological polar surface area (TPSA) is 84.7 Å². The Bertz CT molecular complexity index is 864. The third-order valence-electron chi connectivity index (χ3n) is 5.28. The van der Waals surface area contributed by atoms with Gasteiger partial charge in [0, 0.05) is 6.04 Å². The van der Waals surface area contributed by atoms with Gasteiger partial charge in [-0.1, -0.05) is 57.2 Å². The zero-order valence-electron chi connectivity index (χ0n) is 17.2.